The highest BCUT2D eigenvalue weighted by atomic mass is 16.5. The number of nitrogens with zero attached hydrogens (tertiary/aromatic N) is 1. The van der Waals surface area contributed by atoms with Crippen molar-refractivity contribution < 1.29 is 9.84 Å². The van der Waals surface area contributed by atoms with Crippen LogP contribution < -0.4 is 11.1 Å². The Morgan fingerprint density at radius 3 is 2.93 bits per heavy atom. The number of nitrogens with two attached hydrogens (primary N) is 1. The van der Waals surface area contributed by atoms with E-state index in [1.807, 2.05) is 0 Å². The molecule has 5 heteroatoms. The molecule has 5 nitrogen and oxygen atoms in total. The Labute approximate surface area is 89.3 Å². The zero-order valence-electron chi connectivity index (χ0n) is 8.81. The Hall–Kier alpha value is -1.33. The predicted octanol–water partition coefficient (Wildman–Crippen LogP) is 0.473. The number of rotatable bonds is 6. The summed E-state index contributed by atoms with van der Waals surface area (Å²) in [6, 6.07) is 3.64. The van der Waals surface area contributed by atoms with Crippen LogP contribution in [0.1, 0.15) is 6.42 Å². The SMILES string of the molecule is COCC(CCO)Nc1ccc(N)cn1. The van der Waals surface area contributed by atoms with Crippen LogP contribution in [0.4, 0.5) is 11.5 Å². The van der Waals surface area contributed by atoms with E-state index in [9.17, 15) is 0 Å². The van der Waals surface area contributed by atoms with Crippen LogP contribution in [-0.2, 0) is 4.74 Å². The average molecular weight is 211 g/mol. The van der Waals surface area contributed by atoms with Gasteiger partial charge < -0.3 is 20.9 Å². The summed E-state index contributed by atoms with van der Waals surface area (Å²) in [6.45, 7) is 0.655. The molecule has 15 heavy (non-hydrogen) atoms. The Kier molecular flexibility index (Phi) is 4.86. The lowest BCUT2D eigenvalue weighted by Gasteiger charge is -2.17. The number of anilines is 2. The van der Waals surface area contributed by atoms with Crippen LogP contribution in [0.25, 0.3) is 0 Å². The van der Waals surface area contributed by atoms with Gasteiger partial charge in [0.15, 0.2) is 0 Å². The summed E-state index contributed by atoms with van der Waals surface area (Å²) < 4.78 is 5.03. The average Bonchev–Trinajstić information content (AvgIpc) is 2.22. The van der Waals surface area contributed by atoms with Crippen molar-refractivity contribution >= 4 is 11.5 Å². The van der Waals surface area contributed by atoms with Crippen molar-refractivity contribution in [3.8, 4) is 0 Å². The van der Waals surface area contributed by atoms with Crippen molar-refractivity contribution in [2.75, 3.05) is 31.4 Å². The van der Waals surface area contributed by atoms with Gasteiger partial charge in [0.05, 0.1) is 24.5 Å². The van der Waals surface area contributed by atoms with Gasteiger partial charge >= 0.3 is 0 Å². The normalized spacial score (nSPS) is 12.4. The fraction of sp³-hybridized carbons (Fsp3) is 0.500. The second-order valence-corrected chi connectivity index (χ2v) is 3.29. The second kappa shape index (κ2) is 6.21. The first-order valence-corrected chi connectivity index (χ1v) is 4.84. The predicted molar refractivity (Wildman–Crippen MR) is 59.6 cm³/mol. The molecule has 0 amide bonds. The third-order valence-corrected chi connectivity index (χ3v) is 1.98. The van der Waals surface area contributed by atoms with Crippen LogP contribution in [0.2, 0.25) is 0 Å². The molecule has 84 valence electrons. The van der Waals surface area contributed by atoms with E-state index in [2.05, 4.69) is 10.3 Å². The Bertz CT molecular complexity index is 271. The van der Waals surface area contributed by atoms with Crippen LogP contribution in [0.5, 0.6) is 0 Å². The summed E-state index contributed by atoms with van der Waals surface area (Å²) in [4.78, 5) is 4.11. The van der Waals surface area contributed by atoms with E-state index < -0.39 is 0 Å². The summed E-state index contributed by atoms with van der Waals surface area (Å²) in [7, 11) is 1.63. The highest BCUT2D eigenvalue weighted by molar-refractivity contribution is 5.44. The minimum Gasteiger partial charge on any atom is -0.397 e. The summed E-state index contributed by atoms with van der Waals surface area (Å²) in [6.07, 6.45) is 2.21. The van der Waals surface area contributed by atoms with E-state index in [1.54, 1.807) is 25.4 Å². The number of aromatic nitrogens is 1. The van der Waals surface area contributed by atoms with Crippen molar-refractivity contribution in [3.63, 3.8) is 0 Å². The van der Waals surface area contributed by atoms with Crippen molar-refractivity contribution in [1.29, 1.82) is 0 Å². The van der Waals surface area contributed by atoms with E-state index in [0.717, 1.165) is 5.82 Å². The summed E-state index contributed by atoms with van der Waals surface area (Å²) in [5.74, 6) is 0.736. The largest absolute Gasteiger partial charge is 0.397 e. The van der Waals surface area contributed by atoms with Crippen molar-refractivity contribution in [2.24, 2.45) is 0 Å². The van der Waals surface area contributed by atoms with Crippen molar-refractivity contribution in [2.45, 2.75) is 12.5 Å². The minimum atomic E-state index is 0.0659. The maximum Gasteiger partial charge on any atom is 0.126 e. The smallest absolute Gasteiger partial charge is 0.126 e. The highest BCUT2D eigenvalue weighted by Gasteiger charge is 2.07. The van der Waals surface area contributed by atoms with Gasteiger partial charge in [0.1, 0.15) is 5.82 Å². The van der Waals surface area contributed by atoms with Crippen molar-refractivity contribution in [3.05, 3.63) is 18.3 Å². The zero-order valence-corrected chi connectivity index (χ0v) is 8.81. The van der Waals surface area contributed by atoms with Gasteiger partial charge in [0.25, 0.3) is 0 Å². The van der Waals surface area contributed by atoms with Gasteiger partial charge in [-0.25, -0.2) is 4.98 Å². The topological polar surface area (TPSA) is 80.4 Å². The first kappa shape index (κ1) is 11.7. The molecule has 1 aromatic rings. The maximum atomic E-state index is 8.85. The molecule has 1 rings (SSSR count). The molecule has 0 aromatic carbocycles. The minimum absolute atomic E-state index is 0.0659. The van der Waals surface area contributed by atoms with Crippen molar-refractivity contribution in [1.82, 2.24) is 4.98 Å². The van der Waals surface area contributed by atoms with E-state index >= 15 is 0 Å². The Morgan fingerprint density at radius 2 is 2.40 bits per heavy atom. The van der Waals surface area contributed by atoms with Gasteiger partial charge in [-0.3, -0.25) is 0 Å². The van der Waals surface area contributed by atoms with Gasteiger partial charge in [-0.1, -0.05) is 0 Å². The maximum absolute atomic E-state index is 8.85. The third kappa shape index (κ3) is 4.14. The molecule has 0 aliphatic heterocycles. The second-order valence-electron chi connectivity index (χ2n) is 3.29. The third-order valence-electron chi connectivity index (χ3n) is 1.98. The van der Waals surface area contributed by atoms with E-state index in [0.29, 0.717) is 18.7 Å². The lowest BCUT2D eigenvalue weighted by molar-refractivity contribution is 0.170. The van der Waals surface area contributed by atoms with Crippen LogP contribution in [0, 0.1) is 0 Å². The molecule has 0 aliphatic carbocycles. The molecule has 0 saturated carbocycles. The number of nitrogens with one attached hydrogen (secondary N) is 1. The monoisotopic (exact) mass is 211 g/mol. The lowest BCUT2D eigenvalue weighted by atomic mass is 10.2. The van der Waals surface area contributed by atoms with Gasteiger partial charge in [-0.2, -0.15) is 0 Å². The lowest BCUT2D eigenvalue weighted by Crippen LogP contribution is -2.26. The molecular weight excluding hydrogens is 194 g/mol. The first-order chi connectivity index (χ1) is 7.26. The van der Waals surface area contributed by atoms with Crippen LogP contribution in [0.3, 0.4) is 0 Å². The van der Waals surface area contributed by atoms with Gasteiger partial charge in [0, 0.05) is 13.7 Å². The Balaban J connectivity index is 2.53. The molecule has 0 spiro atoms. The number of ether oxygens (including phenoxy) is 1. The molecule has 0 bridgehead atoms. The van der Waals surface area contributed by atoms with E-state index in [1.165, 1.54) is 0 Å². The van der Waals surface area contributed by atoms with Crippen LogP contribution >= 0.6 is 0 Å². The van der Waals surface area contributed by atoms with Gasteiger partial charge in [-0.15, -0.1) is 0 Å². The van der Waals surface area contributed by atoms with Gasteiger partial charge in [0.2, 0.25) is 0 Å². The first-order valence-electron chi connectivity index (χ1n) is 4.84. The zero-order chi connectivity index (χ0) is 11.1. The fourth-order valence-corrected chi connectivity index (χ4v) is 1.25. The molecule has 0 saturated heterocycles. The fourth-order valence-electron chi connectivity index (χ4n) is 1.25. The van der Waals surface area contributed by atoms with Crippen LogP contribution in [-0.4, -0.2) is 36.5 Å². The molecule has 1 heterocycles. The van der Waals surface area contributed by atoms with E-state index in [-0.39, 0.29) is 12.6 Å². The molecule has 0 aliphatic rings. The number of pyridine rings is 1. The summed E-state index contributed by atoms with van der Waals surface area (Å²) in [5.41, 5.74) is 6.15. The molecule has 1 aromatic heterocycles. The summed E-state index contributed by atoms with van der Waals surface area (Å²) >= 11 is 0. The molecular formula is C10H17N3O2. The number of aliphatic hydroxyl groups excluding tert-OH is 1. The molecule has 0 radical (unpaired) electrons. The molecule has 4 N–H and O–H groups in total. The van der Waals surface area contributed by atoms with Gasteiger partial charge in [-0.05, 0) is 18.6 Å². The Morgan fingerprint density at radius 1 is 1.60 bits per heavy atom. The van der Waals surface area contributed by atoms with E-state index in [4.69, 9.17) is 15.6 Å². The quantitative estimate of drug-likeness (QED) is 0.637. The number of methoxy groups -OCH3 is 1. The standard InChI is InChI=1S/C10H17N3O2/c1-15-7-9(4-5-14)13-10-3-2-8(11)6-12-10/h2-3,6,9,14H,4-5,7,11H2,1H3,(H,12,13). The molecule has 1 unspecified atom stereocenters. The summed E-state index contributed by atoms with van der Waals surface area (Å²) in [5, 5.41) is 12.0. The number of aliphatic hydroxyl groups is 1. The molecule has 1 atom stereocenters. The molecule has 0 fully saturated rings. The number of hydrogen-bond acceptors (Lipinski definition) is 5. The van der Waals surface area contributed by atoms with Crippen LogP contribution in [0.15, 0.2) is 18.3 Å². The number of nitrogen functional groups attached to an aromatic ring is 1. The number of hydrogen-bond donors (Lipinski definition) is 3. The highest BCUT2D eigenvalue weighted by Crippen LogP contribution is 2.08.